The van der Waals surface area contributed by atoms with Crippen LogP contribution in [0.4, 0.5) is 5.69 Å². The third-order valence-corrected chi connectivity index (χ3v) is 16.5. The lowest BCUT2D eigenvalue weighted by molar-refractivity contribution is -0.157. The van der Waals surface area contributed by atoms with Crippen molar-refractivity contribution < 1.29 is 47.2 Å². The Balaban J connectivity index is 1.11. The Bertz CT molecular complexity index is 2630. The fourth-order valence-corrected chi connectivity index (χ4v) is 12.2. The number of cyclic esters (lactones) is 1. The standard InChI is InChI=1S/C56H78N8O10/c1-9-71-51-44-31-73-53(58-44)36-12-13-45-40(25-36)42(27-56(6,7)32-74-55(67)43-11-10-16-64(60-43)54(66)49(51)59-52(65)47-34(4)46(47)33(2)3)50(63(45)21-24-72-39-14-22-69-23-15-39)41-26-37(28-57-48(41)35(5)68-8)61-17-19-62(20-18-61)38-29-70-30-38/h12-13,25-26,28,31,33-35,38-39,43,46-47,49,51,60H,9-11,14-24,27,29-30,32H2,1-8H3,(H,59,65)/t34-,35+,43+,46+,47+,49+,51-/m1/s1. The summed E-state index contributed by atoms with van der Waals surface area (Å²) < 4.78 is 45.4. The van der Waals surface area contributed by atoms with E-state index in [2.05, 4.69) is 77.9 Å². The van der Waals surface area contributed by atoms with Crippen molar-refractivity contribution in [1.82, 2.24) is 35.2 Å². The van der Waals surface area contributed by atoms with E-state index >= 15 is 0 Å². The second-order valence-corrected chi connectivity index (χ2v) is 22.5. The van der Waals surface area contributed by atoms with Gasteiger partial charge >= 0.3 is 5.97 Å². The summed E-state index contributed by atoms with van der Waals surface area (Å²) in [6.07, 6.45) is 5.51. The van der Waals surface area contributed by atoms with E-state index in [0.29, 0.717) is 75.7 Å². The van der Waals surface area contributed by atoms with Gasteiger partial charge in [-0.2, -0.15) is 0 Å². The molecular weight excluding hydrogens is 945 g/mol. The Morgan fingerprint density at radius 3 is 2.49 bits per heavy atom. The Hall–Kier alpha value is -4.95. The minimum atomic E-state index is -1.18. The summed E-state index contributed by atoms with van der Waals surface area (Å²) >= 11 is 0. The van der Waals surface area contributed by atoms with Crippen LogP contribution in [0.15, 0.2) is 41.1 Å². The fraction of sp³-hybridized carbons (Fsp3) is 0.661. The van der Waals surface area contributed by atoms with Gasteiger partial charge in [0.15, 0.2) is 0 Å². The Morgan fingerprint density at radius 2 is 1.78 bits per heavy atom. The number of pyridine rings is 1. The Morgan fingerprint density at radius 1 is 1.00 bits per heavy atom. The number of benzene rings is 1. The highest BCUT2D eigenvalue weighted by Crippen LogP contribution is 2.51. The predicted octanol–water partition coefficient (Wildman–Crippen LogP) is 6.50. The molecule has 1 aliphatic carbocycles. The van der Waals surface area contributed by atoms with Crippen LogP contribution in [0.3, 0.4) is 0 Å². The fourth-order valence-electron chi connectivity index (χ4n) is 12.2. The van der Waals surface area contributed by atoms with Gasteiger partial charge in [-0.3, -0.25) is 29.3 Å². The molecular formula is C56H78N8O10. The van der Waals surface area contributed by atoms with E-state index in [0.717, 1.165) is 96.9 Å². The number of methoxy groups -OCH3 is 1. The molecule has 8 heterocycles. The number of hydrazine groups is 1. The zero-order valence-electron chi connectivity index (χ0n) is 44.7. The van der Waals surface area contributed by atoms with Gasteiger partial charge in [-0.15, -0.1) is 0 Å². The number of hydrogen-bond acceptors (Lipinski definition) is 15. The lowest BCUT2D eigenvalue weighted by Gasteiger charge is -2.43. The van der Waals surface area contributed by atoms with Crippen molar-refractivity contribution in [2.45, 2.75) is 124 Å². The van der Waals surface area contributed by atoms with Crippen molar-refractivity contribution in [2.24, 2.45) is 29.1 Å². The Labute approximate surface area is 435 Å². The number of carbonyl (C=O) groups is 3. The number of fused-ring (bicyclic) bond motifs is 6. The lowest BCUT2D eigenvalue weighted by Crippen LogP contribution is -2.61. The van der Waals surface area contributed by atoms with E-state index in [1.54, 1.807) is 7.11 Å². The van der Waals surface area contributed by atoms with Crippen LogP contribution in [-0.4, -0.2) is 153 Å². The number of oxazole rings is 1. The third kappa shape index (κ3) is 10.9. The maximum absolute atomic E-state index is 14.9. The highest BCUT2D eigenvalue weighted by atomic mass is 16.5. The molecule has 1 saturated carbocycles. The van der Waals surface area contributed by atoms with Crippen LogP contribution < -0.4 is 15.6 Å². The highest BCUT2D eigenvalue weighted by molar-refractivity contribution is 5.95. The summed E-state index contributed by atoms with van der Waals surface area (Å²) in [4.78, 5) is 58.6. The number of hydrogen-bond donors (Lipinski definition) is 2. The normalized spacial score (nSPS) is 26.7. The molecule has 4 aromatic rings. The molecule has 402 valence electrons. The lowest BCUT2D eigenvalue weighted by atomic mass is 9.84. The predicted molar refractivity (Wildman–Crippen MR) is 278 cm³/mol. The number of rotatable bonds is 14. The summed E-state index contributed by atoms with van der Waals surface area (Å²) in [6, 6.07) is 7.07. The molecule has 0 radical (unpaired) electrons. The van der Waals surface area contributed by atoms with Gasteiger partial charge in [0.2, 0.25) is 11.8 Å². The second-order valence-electron chi connectivity index (χ2n) is 22.5. The molecule has 7 atom stereocenters. The average molecular weight is 1020 g/mol. The number of piperazine rings is 1. The first kappa shape index (κ1) is 52.5. The van der Waals surface area contributed by atoms with E-state index in [9.17, 15) is 14.4 Å². The van der Waals surface area contributed by atoms with Crippen LogP contribution in [0.25, 0.3) is 33.6 Å². The van der Waals surface area contributed by atoms with Gasteiger partial charge in [-0.1, -0.05) is 34.6 Å². The molecule has 6 aliphatic rings. The molecule has 18 heteroatoms. The van der Waals surface area contributed by atoms with E-state index in [-0.39, 0.29) is 49.1 Å². The minimum absolute atomic E-state index is 0.104. The van der Waals surface area contributed by atoms with Crippen LogP contribution in [0.5, 0.6) is 0 Å². The molecule has 0 spiro atoms. The highest BCUT2D eigenvalue weighted by Gasteiger charge is 2.54. The third-order valence-electron chi connectivity index (χ3n) is 16.5. The molecule has 0 unspecified atom stereocenters. The van der Waals surface area contributed by atoms with Gasteiger partial charge in [0.05, 0.1) is 67.9 Å². The number of aromatic nitrogens is 3. The number of nitrogens with one attached hydrogen (secondary N) is 2. The van der Waals surface area contributed by atoms with Crippen LogP contribution >= 0.6 is 0 Å². The molecule has 4 saturated heterocycles. The molecule has 2 N–H and O–H groups in total. The van der Waals surface area contributed by atoms with Crippen LogP contribution in [0.1, 0.15) is 103 Å². The van der Waals surface area contributed by atoms with Crippen molar-refractivity contribution in [3.8, 4) is 22.7 Å². The van der Waals surface area contributed by atoms with Crippen molar-refractivity contribution >= 4 is 34.4 Å². The molecule has 2 amide bonds. The molecule has 74 heavy (non-hydrogen) atoms. The first-order valence-corrected chi connectivity index (χ1v) is 27.3. The van der Waals surface area contributed by atoms with Crippen molar-refractivity contribution in [3.63, 3.8) is 0 Å². The van der Waals surface area contributed by atoms with E-state index in [4.69, 9.17) is 42.8 Å². The molecule has 3 aromatic heterocycles. The zero-order chi connectivity index (χ0) is 51.8. The smallest absolute Gasteiger partial charge is 0.324 e. The number of carbonyl (C=O) groups excluding carboxylic acids is 3. The number of esters is 1. The van der Waals surface area contributed by atoms with Gasteiger partial charge in [-0.25, -0.2) is 10.4 Å². The first-order chi connectivity index (χ1) is 35.7. The summed E-state index contributed by atoms with van der Waals surface area (Å²) in [5.41, 5.74) is 9.56. The zero-order valence-corrected chi connectivity index (χ0v) is 44.7. The number of amides is 2. The monoisotopic (exact) mass is 1020 g/mol. The van der Waals surface area contributed by atoms with E-state index < -0.39 is 35.5 Å². The molecule has 1 aromatic carbocycles. The van der Waals surface area contributed by atoms with Crippen molar-refractivity contribution in [1.29, 1.82) is 0 Å². The Kier molecular flexibility index (Phi) is 15.8. The molecule has 5 fully saturated rings. The SMILES string of the molecule is CCO[C@@H]1c2coc(n2)-c2ccc3c(c2)c(c(-c2cc(N4CCN(C5COC5)CC4)cnc2[C@H](C)OC)n3CCOC2CCOCC2)CC(C)(C)COC(=O)[C@@H]2CCCN(N2)C(=O)[C@H]1NC(=O)[C@H]1[C@H](C)[C@@H]1C(C)C. The molecule has 10 rings (SSSR count). The maximum Gasteiger partial charge on any atom is 0.324 e. The second kappa shape index (κ2) is 22.3. The van der Waals surface area contributed by atoms with Crippen LogP contribution in [0.2, 0.25) is 0 Å². The first-order valence-electron chi connectivity index (χ1n) is 27.3. The minimum Gasteiger partial charge on any atom is -0.464 e. The van der Waals surface area contributed by atoms with Crippen molar-refractivity contribution in [3.05, 3.63) is 53.7 Å². The molecule has 5 aliphatic heterocycles. The van der Waals surface area contributed by atoms with Gasteiger partial charge in [0.25, 0.3) is 5.91 Å². The van der Waals surface area contributed by atoms with Crippen molar-refractivity contribution in [2.75, 3.05) is 91.0 Å². The maximum atomic E-state index is 14.9. The summed E-state index contributed by atoms with van der Waals surface area (Å²) in [6.45, 7) is 22.7. The summed E-state index contributed by atoms with van der Waals surface area (Å²) in [7, 11) is 1.72. The van der Waals surface area contributed by atoms with Gasteiger partial charge < -0.3 is 47.6 Å². The topological polar surface area (TPSA) is 184 Å². The largest absolute Gasteiger partial charge is 0.464 e. The number of nitrogens with zero attached hydrogens (tertiary/aromatic N) is 6. The van der Waals surface area contributed by atoms with Gasteiger partial charge in [0, 0.05) is 99.6 Å². The van der Waals surface area contributed by atoms with Gasteiger partial charge in [-0.05, 0) is 93.5 Å². The molecule has 18 nitrogen and oxygen atoms in total. The quantitative estimate of drug-likeness (QED) is 0.130. The summed E-state index contributed by atoms with van der Waals surface area (Å²) in [5.74, 6) is -0.306. The van der Waals surface area contributed by atoms with E-state index in [1.165, 1.54) is 11.3 Å². The van der Waals surface area contributed by atoms with Gasteiger partial charge in [0.1, 0.15) is 30.1 Å². The number of ether oxygens (including phenoxy) is 6. The summed E-state index contributed by atoms with van der Waals surface area (Å²) in [5, 5.41) is 5.55. The number of anilines is 1. The molecule has 6 bridgehead atoms. The van der Waals surface area contributed by atoms with Crippen LogP contribution in [-0.2, 0) is 55.8 Å². The van der Waals surface area contributed by atoms with E-state index in [1.807, 2.05) is 26.1 Å². The average Bonchev–Trinajstić information content (AvgIpc) is 3.68. The van der Waals surface area contributed by atoms with Crippen LogP contribution in [0, 0.1) is 29.1 Å².